The topological polar surface area (TPSA) is 55.1 Å². The van der Waals surface area contributed by atoms with Crippen molar-refractivity contribution in [2.24, 2.45) is 5.73 Å². The molecule has 1 atom stereocenters. The van der Waals surface area contributed by atoms with Crippen molar-refractivity contribution in [2.45, 2.75) is 6.04 Å². The Hall–Kier alpha value is -1.62. The molecule has 0 radical (unpaired) electrons. The van der Waals surface area contributed by atoms with Crippen LogP contribution in [0, 0.1) is 0 Å². The molecule has 0 spiro atoms. The van der Waals surface area contributed by atoms with Gasteiger partial charge in [-0.1, -0.05) is 65.8 Å². The average Bonchev–Trinajstić information content (AvgIpc) is 2.48. The summed E-state index contributed by atoms with van der Waals surface area (Å²) in [7, 11) is 0. The molecule has 0 aromatic heterocycles. The molecule has 0 saturated heterocycles. The van der Waals surface area contributed by atoms with Crippen LogP contribution in [0.25, 0.3) is 0 Å². The molecule has 0 heterocycles. The molecule has 0 fully saturated rings. The molecule has 0 aliphatic heterocycles. The van der Waals surface area contributed by atoms with E-state index in [1.165, 1.54) is 6.07 Å². The van der Waals surface area contributed by atoms with Crippen molar-refractivity contribution in [3.8, 4) is 0 Å². The van der Waals surface area contributed by atoms with Crippen LogP contribution in [0.15, 0.2) is 48.5 Å². The summed E-state index contributed by atoms with van der Waals surface area (Å²) in [5, 5.41) is 3.50. The van der Waals surface area contributed by atoms with Gasteiger partial charge in [0.2, 0.25) is 0 Å². The number of hydrogen-bond donors (Lipinski definition) is 2. The Morgan fingerprint density at radius 1 is 1.10 bits per heavy atom. The number of amides is 1. The molecular weight excluding hydrogens is 327 g/mol. The number of hydrogen-bond acceptors (Lipinski definition) is 2. The average molecular weight is 339 g/mol. The molecule has 21 heavy (non-hydrogen) atoms. The first-order chi connectivity index (χ1) is 9.99. The normalized spacial score (nSPS) is 11.7. The van der Waals surface area contributed by atoms with E-state index in [9.17, 15) is 4.79 Å². The second-order valence-corrected chi connectivity index (χ2v) is 5.63. The van der Waals surface area contributed by atoms with Gasteiger partial charge in [0, 0.05) is 5.56 Å². The first kappa shape index (κ1) is 15.8. The smallest absolute Gasteiger partial charge is 0.252 e. The van der Waals surface area contributed by atoms with E-state index in [4.69, 9.17) is 41.2 Å². The van der Waals surface area contributed by atoms with Crippen molar-refractivity contribution >= 4 is 46.3 Å². The van der Waals surface area contributed by atoms with Crippen LogP contribution in [0.5, 0.6) is 0 Å². The Kier molecular flexibility index (Phi) is 5.17. The largest absolute Gasteiger partial charge is 0.391 e. The lowest BCUT2D eigenvalue weighted by molar-refractivity contribution is 0.0947. The Balaban J connectivity index is 2.23. The van der Waals surface area contributed by atoms with Gasteiger partial charge in [-0.25, -0.2) is 0 Å². The maximum Gasteiger partial charge on any atom is 0.252 e. The highest BCUT2D eigenvalue weighted by Gasteiger charge is 2.18. The molecule has 0 bridgehead atoms. The summed E-state index contributed by atoms with van der Waals surface area (Å²) in [6, 6.07) is 13.4. The SMILES string of the molecule is NC(=S)C(NC(=O)c1ccc(Cl)c(Cl)c1)c1ccccc1. The number of carbonyl (C=O) groups is 1. The fraction of sp³-hybridized carbons (Fsp3) is 0.0667. The van der Waals surface area contributed by atoms with Gasteiger partial charge in [0.25, 0.3) is 5.91 Å². The Morgan fingerprint density at radius 3 is 2.33 bits per heavy atom. The van der Waals surface area contributed by atoms with Gasteiger partial charge in [0.15, 0.2) is 0 Å². The van der Waals surface area contributed by atoms with Crippen LogP contribution in [-0.4, -0.2) is 10.9 Å². The third-order valence-corrected chi connectivity index (χ3v) is 3.85. The van der Waals surface area contributed by atoms with Crippen LogP contribution in [0.2, 0.25) is 10.0 Å². The highest BCUT2D eigenvalue weighted by atomic mass is 35.5. The number of carbonyl (C=O) groups excluding carboxylic acids is 1. The van der Waals surface area contributed by atoms with Crippen molar-refractivity contribution < 1.29 is 4.79 Å². The van der Waals surface area contributed by atoms with Crippen molar-refractivity contribution in [2.75, 3.05) is 0 Å². The Labute approximate surface area is 138 Å². The third-order valence-electron chi connectivity index (χ3n) is 2.87. The van der Waals surface area contributed by atoms with Gasteiger partial charge >= 0.3 is 0 Å². The highest BCUT2D eigenvalue weighted by molar-refractivity contribution is 7.80. The van der Waals surface area contributed by atoms with Gasteiger partial charge < -0.3 is 11.1 Å². The third kappa shape index (κ3) is 3.94. The summed E-state index contributed by atoms with van der Waals surface area (Å²) in [5.74, 6) is -0.324. The van der Waals surface area contributed by atoms with E-state index in [-0.39, 0.29) is 10.9 Å². The molecule has 6 heteroatoms. The van der Waals surface area contributed by atoms with Gasteiger partial charge in [-0.2, -0.15) is 0 Å². The van der Waals surface area contributed by atoms with E-state index in [2.05, 4.69) is 5.32 Å². The van der Waals surface area contributed by atoms with Crippen LogP contribution in [0.3, 0.4) is 0 Å². The lowest BCUT2D eigenvalue weighted by Gasteiger charge is -2.18. The summed E-state index contributed by atoms with van der Waals surface area (Å²) in [4.78, 5) is 12.5. The van der Waals surface area contributed by atoms with Crippen molar-refractivity contribution in [3.63, 3.8) is 0 Å². The van der Waals surface area contributed by atoms with Crippen molar-refractivity contribution in [1.82, 2.24) is 5.32 Å². The van der Waals surface area contributed by atoms with Crippen LogP contribution in [0.4, 0.5) is 0 Å². The molecule has 0 aliphatic carbocycles. The molecule has 2 aromatic rings. The van der Waals surface area contributed by atoms with E-state index in [1.54, 1.807) is 12.1 Å². The van der Waals surface area contributed by atoms with Crippen LogP contribution < -0.4 is 11.1 Å². The Bertz CT molecular complexity index is 677. The number of benzene rings is 2. The maximum absolute atomic E-state index is 12.3. The zero-order chi connectivity index (χ0) is 15.4. The summed E-state index contributed by atoms with van der Waals surface area (Å²) >= 11 is 16.8. The van der Waals surface area contributed by atoms with E-state index in [0.717, 1.165) is 5.56 Å². The second kappa shape index (κ2) is 6.89. The van der Waals surface area contributed by atoms with E-state index >= 15 is 0 Å². The number of rotatable bonds is 4. The predicted molar refractivity (Wildman–Crippen MR) is 89.9 cm³/mol. The number of nitrogens with one attached hydrogen (secondary N) is 1. The fourth-order valence-electron chi connectivity index (χ4n) is 1.82. The van der Waals surface area contributed by atoms with Gasteiger partial charge in [-0.15, -0.1) is 0 Å². The lowest BCUT2D eigenvalue weighted by Crippen LogP contribution is -2.36. The Morgan fingerprint density at radius 2 is 1.76 bits per heavy atom. The molecule has 3 nitrogen and oxygen atoms in total. The minimum atomic E-state index is -0.539. The molecule has 0 saturated carbocycles. The van der Waals surface area contributed by atoms with E-state index < -0.39 is 6.04 Å². The van der Waals surface area contributed by atoms with Crippen LogP contribution >= 0.6 is 35.4 Å². The number of thiocarbonyl (C=S) groups is 1. The maximum atomic E-state index is 12.3. The molecule has 2 rings (SSSR count). The molecule has 0 aliphatic rings. The minimum Gasteiger partial charge on any atom is -0.391 e. The minimum absolute atomic E-state index is 0.189. The summed E-state index contributed by atoms with van der Waals surface area (Å²) in [6.07, 6.45) is 0. The molecular formula is C15H12Cl2N2OS. The zero-order valence-corrected chi connectivity index (χ0v) is 13.2. The van der Waals surface area contributed by atoms with Crippen molar-refractivity contribution in [3.05, 3.63) is 69.7 Å². The predicted octanol–water partition coefficient (Wildman–Crippen LogP) is 3.75. The monoisotopic (exact) mass is 338 g/mol. The van der Waals surface area contributed by atoms with Crippen molar-refractivity contribution in [1.29, 1.82) is 0 Å². The summed E-state index contributed by atoms with van der Waals surface area (Å²) in [6.45, 7) is 0. The van der Waals surface area contributed by atoms with Gasteiger partial charge in [-0.3, -0.25) is 4.79 Å². The molecule has 1 unspecified atom stereocenters. The van der Waals surface area contributed by atoms with Crippen LogP contribution in [-0.2, 0) is 0 Å². The second-order valence-electron chi connectivity index (χ2n) is 4.35. The lowest BCUT2D eigenvalue weighted by atomic mass is 10.1. The molecule has 2 aromatic carbocycles. The number of halogens is 2. The van der Waals surface area contributed by atoms with E-state index in [0.29, 0.717) is 15.6 Å². The highest BCUT2D eigenvalue weighted by Crippen LogP contribution is 2.23. The van der Waals surface area contributed by atoms with Gasteiger partial charge in [-0.05, 0) is 23.8 Å². The fourth-order valence-corrected chi connectivity index (χ4v) is 2.31. The number of nitrogens with two attached hydrogens (primary N) is 1. The molecule has 108 valence electrons. The standard InChI is InChI=1S/C15H12Cl2N2OS/c16-11-7-6-10(8-12(11)17)15(20)19-13(14(18)21)9-4-2-1-3-5-9/h1-8,13H,(H2,18,21)(H,19,20). The van der Waals surface area contributed by atoms with Crippen LogP contribution in [0.1, 0.15) is 22.0 Å². The van der Waals surface area contributed by atoms with E-state index in [1.807, 2.05) is 30.3 Å². The van der Waals surface area contributed by atoms with Gasteiger partial charge in [0.05, 0.1) is 10.0 Å². The summed E-state index contributed by atoms with van der Waals surface area (Å²) in [5.41, 5.74) is 6.93. The summed E-state index contributed by atoms with van der Waals surface area (Å²) < 4.78 is 0. The first-order valence-electron chi connectivity index (χ1n) is 6.09. The van der Waals surface area contributed by atoms with Gasteiger partial charge in [0.1, 0.15) is 11.0 Å². The quantitative estimate of drug-likeness (QED) is 0.834. The first-order valence-corrected chi connectivity index (χ1v) is 7.25. The molecule has 3 N–H and O–H groups in total. The molecule has 1 amide bonds. The zero-order valence-electron chi connectivity index (χ0n) is 10.8.